The van der Waals surface area contributed by atoms with Gasteiger partial charge in [-0.1, -0.05) is 34.3 Å². The summed E-state index contributed by atoms with van der Waals surface area (Å²) in [5, 5.41) is 3.50. The zero-order valence-electron chi connectivity index (χ0n) is 20.5. The van der Waals surface area contributed by atoms with E-state index in [9.17, 15) is 18.0 Å². The largest absolute Gasteiger partial charge is 0.433 e. The number of aromatic nitrogens is 1. The molecule has 4 rings (SSSR count). The molecule has 3 fully saturated rings. The molecule has 0 saturated carbocycles. The molecular weight excluding hydrogens is 458 g/mol. The predicted octanol–water partition coefficient (Wildman–Crippen LogP) is 6.10. The predicted molar refractivity (Wildman–Crippen MR) is 131 cm³/mol. The van der Waals surface area contributed by atoms with Crippen LogP contribution in [0.15, 0.2) is 18.2 Å². The molecule has 1 N–H and O–H groups in total. The van der Waals surface area contributed by atoms with Crippen LogP contribution >= 0.6 is 7.92 Å². The average Bonchev–Trinajstić information content (AvgIpc) is 2.82. The fraction of sp³-hybridized carbons (Fsp3) is 0.769. The van der Waals surface area contributed by atoms with Crippen molar-refractivity contribution in [1.29, 1.82) is 0 Å². The van der Waals surface area contributed by atoms with E-state index >= 15 is 0 Å². The van der Waals surface area contributed by atoms with Crippen LogP contribution in [0.1, 0.15) is 70.2 Å². The minimum Gasteiger partial charge on any atom is -0.349 e. The summed E-state index contributed by atoms with van der Waals surface area (Å²) in [6.07, 6.45) is 5.98. The van der Waals surface area contributed by atoms with Gasteiger partial charge in [0.15, 0.2) is 0 Å². The van der Waals surface area contributed by atoms with Crippen molar-refractivity contribution in [3.63, 3.8) is 0 Å². The van der Waals surface area contributed by atoms with Gasteiger partial charge in [-0.25, -0.2) is 4.98 Å². The van der Waals surface area contributed by atoms with Crippen LogP contribution in [0.25, 0.3) is 0 Å². The molecule has 190 valence electrons. The second kappa shape index (κ2) is 11.2. The van der Waals surface area contributed by atoms with E-state index < -0.39 is 11.9 Å². The third-order valence-electron chi connectivity index (χ3n) is 8.29. The van der Waals surface area contributed by atoms with Gasteiger partial charge >= 0.3 is 6.18 Å². The number of halogens is 3. The number of pyridine rings is 1. The van der Waals surface area contributed by atoms with Crippen molar-refractivity contribution in [2.24, 2.45) is 23.7 Å². The Morgan fingerprint density at radius 2 is 1.94 bits per heavy atom. The number of alkyl halides is 3. The van der Waals surface area contributed by atoms with Crippen LogP contribution in [-0.2, 0) is 17.5 Å². The van der Waals surface area contributed by atoms with Gasteiger partial charge in [0.1, 0.15) is 5.69 Å². The maximum atomic E-state index is 13.3. The molecule has 0 spiro atoms. The number of carbonyl (C=O) groups is 1. The van der Waals surface area contributed by atoms with Crippen molar-refractivity contribution < 1.29 is 18.0 Å². The van der Waals surface area contributed by atoms with Gasteiger partial charge in [0.2, 0.25) is 5.91 Å². The van der Waals surface area contributed by atoms with Crippen LogP contribution < -0.4 is 5.32 Å². The zero-order chi connectivity index (χ0) is 24.3. The maximum absolute atomic E-state index is 13.3. The lowest BCUT2D eigenvalue weighted by molar-refractivity contribution is -0.141. The highest BCUT2D eigenvalue weighted by atomic mass is 31.1. The Morgan fingerprint density at radius 3 is 2.62 bits per heavy atom. The molecule has 3 aliphatic heterocycles. The van der Waals surface area contributed by atoms with Gasteiger partial charge in [0, 0.05) is 18.2 Å². The number of likely N-dealkylation sites (tertiary alicyclic amines) is 1. The number of fused-ring (bicyclic) bond motifs is 2. The van der Waals surface area contributed by atoms with Crippen molar-refractivity contribution in [1.82, 2.24) is 15.2 Å². The summed E-state index contributed by atoms with van der Waals surface area (Å²) in [6.45, 7) is 6.42. The zero-order valence-corrected chi connectivity index (χ0v) is 21.4. The Kier molecular flexibility index (Phi) is 8.56. The standard InChI is InChI=1S/C26H39F3N3OP/c1-3-18-14-19-8-9-24(34(16-18)17-19)31-25(33)22(4-2)20-10-12-32(13-11-20)15-21-6-5-7-23(30-21)26(27,28)29/h5-7,18-20,22,24H,3-4,8-17H2,1-2H3,(H,31,33). The van der Waals surface area contributed by atoms with E-state index in [1.807, 2.05) is 0 Å². The molecule has 4 heterocycles. The number of amides is 1. The fourth-order valence-electron chi connectivity index (χ4n) is 6.33. The third kappa shape index (κ3) is 6.32. The minimum absolute atomic E-state index is 0.0355. The van der Waals surface area contributed by atoms with E-state index in [1.165, 1.54) is 37.7 Å². The van der Waals surface area contributed by atoms with E-state index in [0.717, 1.165) is 56.7 Å². The molecule has 0 aliphatic carbocycles. The summed E-state index contributed by atoms with van der Waals surface area (Å²) in [5.74, 6) is 2.75. The monoisotopic (exact) mass is 497 g/mol. The van der Waals surface area contributed by atoms with E-state index in [4.69, 9.17) is 0 Å². The quantitative estimate of drug-likeness (QED) is 0.463. The first-order valence-corrected chi connectivity index (χ1v) is 14.8. The summed E-state index contributed by atoms with van der Waals surface area (Å²) in [7, 11) is -0.0844. The molecule has 0 aromatic carbocycles. The lowest BCUT2D eigenvalue weighted by Gasteiger charge is -2.44. The molecule has 3 aliphatic rings. The lowest BCUT2D eigenvalue weighted by Crippen LogP contribution is -2.46. The van der Waals surface area contributed by atoms with Crippen molar-refractivity contribution in [3.05, 3.63) is 29.6 Å². The van der Waals surface area contributed by atoms with Crippen LogP contribution in [0, 0.1) is 23.7 Å². The van der Waals surface area contributed by atoms with Crippen LogP contribution in [0.5, 0.6) is 0 Å². The molecule has 5 unspecified atom stereocenters. The van der Waals surface area contributed by atoms with E-state index in [1.54, 1.807) is 6.07 Å². The first-order valence-electron chi connectivity index (χ1n) is 13.1. The molecule has 2 bridgehead atoms. The molecule has 3 saturated heterocycles. The average molecular weight is 498 g/mol. The van der Waals surface area contributed by atoms with Crippen LogP contribution in [0.4, 0.5) is 13.2 Å². The first-order chi connectivity index (χ1) is 16.3. The Labute approximate surface area is 203 Å². The molecule has 1 amide bonds. The van der Waals surface area contributed by atoms with Gasteiger partial charge in [0.05, 0.1) is 5.69 Å². The number of hydrogen-bond acceptors (Lipinski definition) is 3. The normalized spacial score (nSPS) is 29.6. The Balaban J connectivity index is 1.28. The van der Waals surface area contributed by atoms with Crippen molar-refractivity contribution in [3.8, 4) is 0 Å². The number of nitrogens with zero attached hydrogens (tertiary/aromatic N) is 2. The molecule has 0 radical (unpaired) electrons. The molecule has 5 atom stereocenters. The van der Waals surface area contributed by atoms with Gasteiger partial charge < -0.3 is 5.32 Å². The van der Waals surface area contributed by atoms with Crippen LogP contribution in [-0.4, -0.2) is 47.0 Å². The Bertz CT molecular complexity index is 828. The number of hydrogen-bond donors (Lipinski definition) is 1. The van der Waals surface area contributed by atoms with Crippen LogP contribution in [0.3, 0.4) is 0 Å². The molecule has 1 aromatic heterocycles. The number of nitrogens with one attached hydrogen (secondary N) is 1. The summed E-state index contributed by atoms with van der Waals surface area (Å²) < 4.78 is 38.9. The van der Waals surface area contributed by atoms with Gasteiger partial charge in [0.25, 0.3) is 0 Å². The molecular formula is C26H39F3N3OP. The Morgan fingerprint density at radius 1 is 1.18 bits per heavy atom. The SMILES string of the molecule is CCC1CC2CCC(NC(=O)C(CC)C3CCN(Cc4cccc(C(F)(F)F)n4)CC3)P(C1)C2. The summed E-state index contributed by atoms with van der Waals surface area (Å²) in [5.41, 5.74) is -0.379. The van der Waals surface area contributed by atoms with E-state index in [-0.39, 0.29) is 19.7 Å². The fourth-order valence-corrected chi connectivity index (χ4v) is 9.88. The Hall–Kier alpha value is -1.20. The number of carbonyl (C=O) groups excluding carboxylic acids is 1. The highest BCUT2D eigenvalue weighted by molar-refractivity contribution is 7.58. The van der Waals surface area contributed by atoms with Crippen molar-refractivity contribution in [2.75, 3.05) is 25.4 Å². The molecule has 1 aromatic rings. The van der Waals surface area contributed by atoms with Crippen molar-refractivity contribution in [2.45, 2.75) is 77.3 Å². The molecule has 4 nitrogen and oxygen atoms in total. The summed E-state index contributed by atoms with van der Waals surface area (Å²) in [4.78, 5) is 19.3. The summed E-state index contributed by atoms with van der Waals surface area (Å²) in [6, 6.07) is 4.11. The van der Waals surface area contributed by atoms with Gasteiger partial charge in [-0.15, -0.1) is 0 Å². The van der Waals surface area contributed by atoms with Gasteiger partial charge in [-0.2, -0.15) is 13.2 Å². The van der Waals surface area contributed by atoms with Crippen molar-refractivity contribution >= 4 is 13.8 Å². The topological polar surface area (TPSA) is 45.2 Å². The highest BCUT2D eigenvalue weighted by Gasteiger charge is 2.39. The molecule has 34 heavy (non-hydrogen) atoms. The smallest absolute Gasteiger partial charge is 0.349 e. The number of piperidine rings is 1. The first kappa shape index (κ1) is 25.9. The van der Waals surface area contributed by atoms with E-state index in [2.05, 4.69) is 29.0 Å². The second-order valence-electron chi connectivity index (χ2n) is 10.6. The van der Waals surface area contributed by atoms with Gasteiger partial charge in [-0.3, -0.25) is 9.69 Å². The third-order valence-corrected chi connectivity index (χ3v) is 11.5. The molecule has 8 heteroatoms. The second-order valence-corrected chi connectivity index (χ2v) is 13.1. The number of rotatable bonds is 7. The highest BCUT2D eigenvalue weighted by Crippen LogP contribution is 2.55. The van der Waals surface area contributed by atoms with E-state index in [0.29, 0.717) is 23.9 Å². The maximum Gasteiger partial charge on any atom is 0.433 e. The van der Waals surface area contributed by atoms with Crippen LogP contribution in [0.2, 0.25) is 0 Å². The summed E-state index contributed by atoms with van der Waals surface area (Å²) >= 11 is 0. The lowest BCUT2D eigenvalue weighted by atomic mass is 9.82. The van der Waals surface area contributed by atoms with Gasteiger partial charge in [-0.05, 0) is 93.8 Å². The minimum atomic E-state index is -4.42.